The molecule has 0 spiro atoms. The zero-order valence-electron chi connectivity index (χ0n) is 12.2. The molecule has 0 fully saturated rings. The Morgan fingerprint density at radius 2 is 1.44 bits per heavy atom. The number of hydrogen-bond donors (Lipinski definition) is 2. The highest BCUT2D eigenvalue weighted by Gasteiger charge is 2.16. The molecule has 0 saturated carbocycles. The minimum absolute atomic E-state index is 0.0669. The van der Waals surface area contributed by atoms with E-state index in [1.807, 2.05) is 0 Å². The largest absolute Gasteiger partial charge is 0.478 e. The second-order valence-electron chi connectivity index (χ2n) is 4.70. The zero-order valence-corrected chi connectivity index (χ0v) is 14.5. The van der Waals surface area contributed by atoms with Gasteiger partial charge in [-0.15, -0.1) is 0 Å². The van der Waals surface area contributed by atoms with Gasteiger partial charge in [0.2, 0.25) is 0 Å². The molecule has 0 heterocycles. The zero-order chi connectivity index (χ0) is 18.8. The number of hydrogen-bond acceptors (Lipinski definition) is 4. The van der Waals surface area contributed by atoms with Crippen LogP contribution in [0.5, 0.6) is 0 Å². The molecule has 0 aliphatic rings. The summed E-state index contributed by atoms with van der Waals surface area (Å²) in [6, 6.07) is 6.93. The van der Waals surface area contributed by atoms with Crippen LogP contribution < -0.4 is 0 Å². The number of rotatable bonds is 5. The lowest BCUT2D eigenvalue weighted by atomic mass is 10.1. The Kier molecular flexibility index (Phi) is 5.46. The van der Waals surface area contributed by atoms with E-state index in [9.17, 15) is 18.0 Å². The number of carbonyl (C=O) groups is 2. The Morgan fingerprint density at radius 1 is 0.920 bits per heavy atom. The highest BCUT2D eigenvalue weighted by Crippen LogP contribution is 2.22. The summed E-state index contributed by atoms with van der Waals surface area (Å²) in [6.45, 7) is 0. The van der Waals surface area contributed by atoms with Crippen LogP contribution in [-0.2, 0) is 10.0 Å². The first-order chi connectivity index (χ1) is 11.6. The van der Waals surface area contributed by atoms with E-state index in [4.69, 9.17) is 33.4 Å². The quantitative estimate of drug-likeness (QED) is 0.741. The number of carboxylic acid groups (broad SMARTS) is 2. The van der Waals surface area contributed by atoms with Crippen LogP contribution in [-0.4, -0.2) is 36.8 Å². The SMILES string of the molecule is O=C(O)c1ccc(/C=N/S(=O)(=O)c2ccc(C(=O)O)c(Cl)c2)cc1Cl. The number of aromatic carboxylic acids is 2. The minimum atomic E-state index is -4.13. The Balaban J connectivity index is 2.34. The Hall–Kier alpha value is -2.42. The lowest BCUT2D eigenvalue weighted by Crippen LogP contribution is -2.02. The fourth-order valence-electron chi connectivity index (χ4n) is 1.81. The average Bonchev–Trinajstić information content (AvgIpc) is 2.52. The molecule has 0 aliphatic carbocycles. The summed E-state index contributed by atoms with van der Waals surface area (Å²) in [6.07, 6.45) is 0.992. The van der Waals surface area contributed by atoms with Gasteiger partial charge in [-0.05, 0) is 35.9 Å². The van der Waals surface area contributed by atoms with Crippen LogP contribution in [0, 0.1) is 0 Å². The van der Waals surface area contributed by atoms with Crippen molar-refractivity contribution in [2.24, 2.45) is 4.40 Å². The summed E-state index contributed by atoms with van der Waals surface area (Å²) in [5.41, 5.74) is -0.0924. The van der Waals surface area contributed by atoms with E-state index >= 15 is 0 Å². The predicted molar refractivity (Wildman–Crippen MR) is 91.6 cm³/mol. The van der Waals surface area contributed by atoms with Crippen LogP contribution in [0.2, 0.25) is 10.0 Å². The predicted octanol–water partition coefficient (Wildman–Crippen LogP) is 3.20. The molecule has 130 valence electrons. The molecule has 2 N–H and O–H groups in total. The fraction of sp³-hybridized carbons (Fsp3) is 0. The molecule has 0 unspecified atom stereocenters. The Labute approximate surface area is 152 Å². The second-order valence-corrected chi connectivity index (χ2v) is 7.15. The van der Waals surface area contributed by atoms with Gasteiger partial charge in [0, 0.05) is 6.21 Å². The molecule has 7 nitrogen and oxygen atoms in total. The number of halogens is 2. The van der Waals surface area contributed by atoms with Gasteiger partial charge in [-0.25, -0.2) is 9.59 Å². The van der Waals surface area contributed by atoms with E-state index in [0.717, 1.165) is 24.4 Å². The molecular weight excluding hydrogens is 393 g/mol. The highest BCUT2D eigenvalue weighted by molar-refractivity contribution is 7.90. The van der Waals surface area contributed by atoms with Crippen molar-refractivity contribution in [1.29, 1.82) is 0 Å². The first-order valence-electron chi connectivity index (χ1n) is 6.48. The van der Waals surface area contributed by atoms with Crippen molar-refractivity contribution in [1.82, 2.24) is 0 Å². The normalized spacial score (nSPS) is 11.6. The minimum Gasteiger partial charge on any atom is -0.478 e. The van der Waals surface area contributed by atoms with Crippen LogP contribution in [0.3, 0.4) is 0 Å². The smallest absolute Gasteiger partial charge is 0.337 e. The van der Waals surface area contributed by atoms with Gasteiger partial charge >= 0.3 is 11.9 Å². The number of sulfonamides is 1. The van der Waals surface area contributed by atoms with Crippen LogP contribution in [0.1, 0.15) is 26.3 Å². The maximum absolute atomic E-state index is 12.2. The van der Waals surface area contributed by atoms with Crippen LogP contribution in [0.15, 0.2) is 45.7 Å². The van der Waals surface area contributed by atoms with Crippen LogP contribution in [0.4, 0.5) is 0 Å². The van der Waals surface area contributed by atoms with Crippen molar-refractivity contribution in [2.45, 2.75) is 4.90 Å². The average molecular weight is 402 g/mol. The standard InChI is InChI=1S/C15H9Cl2NO6S/c16-12-5-8(1-3-10(12)14(19)20)7-18-25(23,24)9-2-4-11(15(21)22)13(17)6-9/h1-7H,(H,19,20)(H,21,22)/b18-7+. The van der Waals surface area contributed by atoms with Gasteiger partial charge in [0.25, 0.3) is 10.0 Å². The summed E-state index contributed by atoms with van der Waals surface area (Å²) < 4.78 is 27.8. The number of carboxylic acids is 2. The van der Waals surface area contributed by atoms with E-state index in [2.05, 4.69) is 4.40 Å². The van der Waals surface area contributed by atoms with Crippen molar-refractivity contribution in [3.05, 3.63) is 63.1 Å². The monoisotopic (exact) mass is 401 g/mol. The second kappa shape index (κ2) is 7.22. The first kappa shape index (κ1) is 18.9. The Morgan fingerprint density at radius 3 is 1.92 bits per heavy atom. The summed E-state index contributed by atoms with van der Waals surface area (Å²) >= 11 is 11.5. The first-order valence-corrected chi connectivity index (χ1v) is 8.67. The van der Waals surface area contributed by atoms with Crippen molar-refractivity contribution in [3.63, 3.8) is 0 Å². The van der Waals surface area contributed by atoms with Gasteiger partial charge in [0.1, 0.15) is 0 Å². The molecule has 10 heteroatoms. The van der Waals surface area contributed by atoms with Gasteiger partial charge in [0.15, 0.2) is 0 Å². The maximum Gasteiger partial charge on any atom is 0.337 e. The summed E-state index contributed by atoms with van der Waals surface area (Å²) in [4.78, 5) is 21.5. The number of nitrogens with zero attached hydrogens (tertiary/aromatic N) is 1. The molecule has 0 atom stereocenters. The van der Waals surface area contributed by atoms with Crippen LogP contribution in [0.25, 0.3) is 0 Å². The maximum atomic E-state index is 12.2. The van der Waals surface area contributed by atoms with Gasteiger partial charge < -0.3 is 10.2 Å². The summed E-state index contributed by atoms with van der Waals surface area (Å²) in [5, 5.41) is 17.5. The lowest BCUT2D eigenvalue weighted by molar-refractivity contribution is 0.0686. The lowest BCUT2D eigenvalue weighted by Gasteiger charge is -2.03. The van der Waals surface area contributed by atoms with E-state index in [-0.39, 0.29) is 31.6 Å². The highest BCUT2D eigenvalue weighted by atomic mass is 35.5. The van der Waals surface area contributed by atoms with E-state index in [0.29, 0.717) is 0 Å². The van der Waals surface area contributed by atoms with Crippen molar-refractivity contribution >= 4 is 51.4 Å². The molecule has 0 amide bonds. The van der Waals surface area contributed by atoms with Gasteiger partial charge in [-0.3, -0.25) is 0 Å². The van der Waals surface area contributed by atoms with Gasteiger partial charge in [-0.1, -0.05) is 29.3 Å². The molecule has 0 radical (unpaired) electrons. The summed E-state index contributed by atoms with van der Waals surface area (Å²) in [7, 11) is -4.13. The Bertz CT molecular complexity index is 1000. The topological polar surface area (TPSA) is 121 Å². The molecule has 0 saturated heterocycles. The van der Waals surface area contributed by atoms with Crippen molar-refractivity contribution in [2.75, 3.05) is 0 Å². The molecular formula is C15H9Cl2NO6S. The van der Waals surface area contributed by atoms with E-state index in [1.54, 1.807) is 0 Å². The molecule has 2 aromatic carbocycles. The third-order valence-corrected chi connectivity index (χ3v) is 4.89. The van der Waals surface area contributed by atoms with E-state index < -0.39 is 22.0 Å². The molecule has 0 bridgehead atoms. The van der Waals surface area contributed by atoms with Crippen LogP contribution >= 0.6 is 23.2 Å². The van der Waals surface area contributed by atoms with Crippen molar-refractivity contribution in [3.8, 4) is 0 Å². The molecule has 25 heavy (non-hydrogen) atoms. The fourth-order valence-corrected chi connectivity index (χ4v) is 3.29. The molecule has 2 rings (SSSR count). The van der Waals surface area contributed by atoms with Crippen molar-refractivity contribution < 1.29 is 28.2 Å². The van der Waals surface area contributed by atoms with Gasteiger partial charge in [-0.2, -0.15) is 12.8 Å². The third kappa shape index (κ3) is 4.36. The third-order valence-electron chi connectivity index (χ3n) is 3.03. The molecule has 2 aromatic rings. The number of benzene rings is 2. The van der Waals surface area contributed by atoms with Gasteiger partial charge in [0.05, 0.1) is 26.1 Å². The molecule has 0 aliphatic heterocycles. The molecule has 0 aromatic heterocycles. The van der Waals surface area contributed by atoms with E-state index in [1.165, 1.54) is 18.2 Å². The summed E-state index contributed by atoms with van der Waals surface area (Å²) in [5.74, 6) is -2.50.